The van der Waals surface area contributed by atoms with Crippen LogP contribution in [0, 0.1) is 0 Å². The highest BCUT2D eigenvalue weighted by molar-refractivity contribution is 5.81. The van der Waals surface area contributed by atoms with Crippen molar-refractivity contribution in [3.63, 3.8) is 0 Å². The van der Waals surface area contributed by atoms with E-state index in [-0.39, 0.29) is 24.7 Å². The minimum Gasteiger partial charge on any atom is -0.394 e. The Labute approximate surface area is 89.3 Å². The number of nitrogens with one attached hydrogen (secondary N) is 1. The van der Waals surface area contributed by atoms with Gasteiger partial charge < -0.3 is 9.84 Å². The molecule has 6 nitrogen and oxygen atoms in total. The number of amides is 1. The first-order chi connectivity index (χ1) is 7.22. The van der Waals surface area contributed by atoms with Gasteiger partial charge in [-0.15, -0.1) is 0 Å². The predicted octanol–water partition coefficient (Wildman–Crippen LogP) is -1.55. The van der Waals surface area contributed by atoms with Crippen LogP contribution in [0.15, 0.2) is 0 Å². The first-order valence-corrected chi connectivity index (χ1v) is 5.19. The predicted molar refractivity (Wildman–Crippen MR) is 54.8 cm³/mol. The van der Waals surface area contributed by atoms with Crippen LogP contribution in [0.1, 0.15) is 13.3 Å². The van der Waals surface area contributed by atoms with Crippen molar-refractivity contribution in [2.24, 2.45) is 5.84 Å². The first kappa shape index (κ1) is 12.4. The maximum atomic E-state index is 11.5. The standard InChI is InChI=1S/C9H19N3O3/c1-2-8(9(14)11-10)12-3-4-15-7(5-12)6-13/h7-8,13H,2-6,10H2,1H3,(H,11,14). The topological polar surface area (TPSA) is 87.8 Å². The van der Waals surface area contributed by atoms with Crippen LogP contribution in [0.3, 0.4) is 0 Å². The molecule has 2 unspecified atom stereocenters. The van der Waals surface area contributed by atoms with Gasteiger partial charge in [0.1, 0.15) is 0 Å². The first-order valence-electron chi connectivity index (χ1n) is 5.19. The van der Waals surface area contributed by atoms with Crippen LogP contribution in [0.4, 0.5) is 0 Å². The zero-order valence-electron chi connectivity index (χ0n) is 8.98. The van der Waals surface area contributed by atoms with Gasteiger partial charge >= 0.3 is 0 Å². The largest absolute Gasteiger partial charge is 0.394 e. The van der Waals surface area contributed by atoms with Crippen molar-refractivity contribution < 1.29 is 14.6 Å². The number of ether oxygens (including phenoxy) is 1. The van der Waals surface area contributed by atoms with Gasteiger partial charge in [-0.3, -0.25) is 15.1 Å². The highest BCUT2D eigenvalue weighted by atomic mass is 16.5. The number of aliphatic hydroxyl groups excluding tert-OH is 1. The molecule has 88 valence electrons. The summed E-state index contributed by atoms with van der Waals surface area (Å²) in [6, 6.07) is -0.229. The summed E-state index contributed by atoms with van der Waals surface area (Å²) >= 11 is 0. The second-order valence-electron chi connectivity index (χ2n) is 3.60. The van der Waals surface area contributed by atoms with Crippen LogP contribution < -0.4 is 11.3 Å². The van der Waals surface area contributed by atoms with E-state index in [0.29, 0.717) is 26.1 Å². The molecule has 1 amide bonds. The summed E-state index contributed by atoms with van der Waals surface area (Å²) in [6.07, 6.45) is 0.500. The Bertz CT molecular complexity index is 213. The normalized spacial score (nSPS) is 24.9. The molecular formula is C9H19N3O3. The highest BCUT2D eigenvalue weighted by Crippen LogP contribution is 2.11. The van der Waals surface area contributed by atoms with Crippen LogP contribution in [-0.4, -0.2) is 54.4 Å². The number of hydrogen-bond acceptors (Lipinski definition) is 5. The summed E-state index contributed by atoms with van der Waals surface area (Å²) in [4.78, 5) is 13.4. The quantitative estimate of drug-likeness (QED) is 0.301. The average Bonchev–Trinajstić information content (AvgIpc) is 2.30. The summed E-state index contributed by atoms with van der Waals surface area (Å²) < 4.78 is 5.31. The van der Waals surface area contributed by atoms with E-state index in [9.17, 15) is 4.79 Å². The zero-order chi connectivity index (χ0) is 11.3. The molecule has 4 N–H and O–H groups in total. The molecule has 15 heavy (non-hydrogen) atoms. The summed E-state index contributed by atoms with van der Waals surface area (Å²) in [5.41, 5.74) is 2.16. The van der Waals surface area contributed by atoms with Gasteiger partial charge in [0.05, 0.1) is 25.4 Å². The second-order valence-corrected chi connectivity index (χ2v) is 3.60. The van der Waals surface area contributed by atoms with Gasteiger partial charge in [-0.2, -0.15) is 0 Å². The lowest BCUT2D eigenvalue weighted by Crippen LogP contribution is -2.55. The van der Waals surface area contributed by atoms with E-state index < -0.39 is 0 Å². The van der Waals surface area contributed by atoms with Crippen molar-refractivity contribution in [2.75, 3.05) is 26.3 Å². The molecule has 0 saturated carbocycles. The molecule has 0 aliphatic carbocycles. The zero-order valence-corrected chi connectivity index (χ0v) is 8.98. The molecule has 0 aromatic heterocycles. The fourth-order valence-electron chi connectivity index (χ4n) is 1.84. The number of hydrazine groups is 1. The van der Waals surface area contributed by atoms with Crippen molar-refractivity contribution in [1.29, 1.82) is 0 Å². The van der Waals surface area contributed by atoms with Gasteiger partial charge in [0.25, 0.3) is 5.91 Å². The van der Waals surface area contributed by atoms with Crippen LogP contribution in [0.2, 0.25) is 0 Å². The Morgan fingerprint density at radius 1 is 1.80 bits per heavy atom. The number of carbonyl (C=O) groups excluding carboxylic acids is 1. The van der Waals surface area contributed by atoms with E-state index in [2.05, 4.69) is 5.43 Å². The van der Waals surface area contributed by atoms with Gasteiger partial charge in [-0.25, -0.2) is 5.84 Å². The maximum absolute atomic E-state index is 11.5. The fraction of sp³-hybridized carbons (Fsp3) is 0.889. The van der Waals surface area contributed by atoms with Gasteiger partial charge in [0, 0.05) is 13.1 Å². The molecule has 0 spiro atoms. The van der Waals surface area contributed by atoms with Crippen molar-refractivity contribution in [2.45, 2.75) is 25.5 Å². The minimum absolute atomic E-state index is 0.0167. The van der Waals surface area contributed by atoms with E-state index in [4.69, 9.17) is 15.7 Å². The molecular weight excluding hydrogens is 198 g/mol. The van der Waals surface area contributed by atoms with E-state index in [1.54, 1.807) is 0 Å². The number of hydrogen-bond donors (Lipinski definition) is 3. The monoisotopic (exact) mass is 217 g/mol. The lowest BCUT2D eigenvalue weighted by atomic mass is 10.1. The lowest BCUT2D eigenvalue weighted by molar-refractivity contribution is -0.131. The van der Waals surface area contributed by atoms with Crippen molar-refractivity contribution >= 4 is 5.91 Å². The number of carbonyl (C=O) groups is 1. The molecule has 1 aliphatic heterocycles. The third-order valence-electron chi connectivity index (χ3n) is 2.65. The molecule has 0 aromatic carbocycles. The van der Waals surface area contributed by atoms with E-state index in [1.165, 1.54) is 0 Å². The van der Waals surface area contributed by atoms with E-state index in [1.807, 2.05) is 11.8 Å². The average molecular weight is 217 g/mol. The van der Waals surface area contributed by atoms with Gasteiger partial charge in [0.15, 0.2) is 0 Å². The molecule has 0 radical (unpaired) electrons. The molecule has 0 aromatic rings. The van der Waals surface area contributed by atoms with Crippen LogP contribution >= 0.6 is 0 Å². The van der Waals surface area contributed by atoms with Crippen LogP contribution in [-0.2, 0) is 9.53 Å². The third-order valence-corrected chi connectivity index (χ3v) is 2.65. The second kappa shape index (κ2) is 6.02. The SMILES string of the molecule is CCC(C(=O)NN)N1CCOC(CO)C1. The number of rotatable bonds is 4. The molecule has 1 rings (SSSR count). The number of nitrogens with two attached hydrogens (primary N) is 1. The Balaban J connectivity index is 2.55. The Kier molecular flexibility index (Phi) is 4.97. The molecule has 1 aliphatic rings. The molecule has 0 bridgehead atoms. The molecule has 1 fully saturated rings. The van der Waals surface area contributed by atoms with E-state index >= 15 is 0 Å². The molecule has 6 heteroatoms. The summed E-state index contributed by atoms with van der Waals surface area (Å²) in [5, 5.41) is 8.98. The summed E-state index contributed by atoms with van der Waals surface area (Å²) in [7, 11) is 0. The Morgan fingerprint density at radius 3 is 3.07 bits per heavy atom. The molecule has 1 saturated heterocycles. The van der Waals surface area contributed by atoms with E-state index in [0.717, 1.165) is 0 Å². The van der Waals surface area contributed by atoms with Gasteiger partial charge in [0.2, 0.25) is 0 Å². The minimum atomic E-state index is -0.229. The van der Waals surface area contributed by atoms with Gasteiger partial charge in [-0.1, -0.05) is 6.92 Å². The van der Waals surface area contributed by atoms with Gasteiger partial charge in [-0.05, 0) is 6.42 Å². The number of aliphatic hydroxyl groups is 1. The molecule has 1 heterocycles. The van der Waals surface area contributed by atoms with Crippen molar-refractivity contribution in [3.8, 4) is 0 Å². The van der Waals surface area contributed by atoms with Crippen molar-refractivity contribution in [1.82, 2.24) is 10.3 Å². The third kappa shape index (κ3) is 3.13. The fourth-order valence-corrected chi connectivity index (χ4v) is 1.84. The maximum Gasteiger partial charge on any atom is 0.251 e. The molecule has 2 atom stereocenters. The summed E-state index contributed by atoms with van der Waals surface area (Å²) in [5.74, 6) is 4.93. The summed E-state index contributed by atoms with van der Waals surface area (Å²) in [6.45, 7) is 3.73. The highest BCUT2D eigenvalue weighted by Gasteiger charge is 2.28. The number of nitrogens with zero attached hydrogens (tertiary/aromatic N) is 1. The van der Waals surface area contributed by atoms with Crippen LogP contribution in [0.25, 0.3) is 0 Å². The van der Waals surface area contributed by atoms with Crippen LogP contribution in [0.5, 0.6) is 0 Å². The number of morpholine rings is 1. The smallest absolute Gasteiger partial charge is 0.251 e. The Morgan fingerprint density at radius 2 is 2.53 bits per heavy atom. The lowest BCUT2D eigenvalue weighted by Gasteiger charge is -2.36. The Hall–Kier alpha value is -0.690. The van der Waals surface area contributed by atoms with Crippen molar-refractivity contribution in [3.05, 3.63) is 0 Å².